The van der Waals surface area contributed by atoms with Crippen molar-refractivity contribution in [3.63, 3.8) is 0 Å². The van der Waals surface area contributed by atoms with E-state index in [1.54, 1.807) is 6.08 Å². The zero-order chi connectivity index (χ0) is 77.7. The van der Waals surface area contributed by atoms with Crippen LogP contribution < -0.4 is 29.6 Å². The van der Waals surface area contributed by atoms with Gasteiger partial charge >= 0.3 is 41.5 Å². The molecule has 0 aromatic heterocycles. The Labute approximate surface area is 793 Å². The maximum atomic E-state index is 12.0. The van der Waals surface area contributed by atoms with E-state index in [0.29, 0.717) is 141 Å². The molecule has 15 heteroatoms. The first-order valence-electron chi connectivity index (χ1n) is 42.8. The first-order chi connectivity index (χ1) is 49.3. The SMILES string of the molecule is CC.CC.CC(=O)OC[C@@H](C)[C@H]1CCC2C(=O)CCC[C@@]21C.C[C@H](CO)[C@H]1CCC2[C@@H](O)CCC[C@@]21C.[CH-]=C1CCC[C@@]2(C)C1CC[C@@H]2[C@H](C)/C=C/C#N.[CH-]=C1CCC[C@@]2(C)C1CC[C@@H]2[C@H](C)C=O.[CH-]=C1CCC[C@@]2(C)C1CC[C@@H]2[C@H](C)CCC=O.[CH-]=C1CCC[C@@]2(C)C1CC[C@@H]2[C@H](C)COC(C)=O.[H-].[Na+].[Y].[Y].[Y].[Y]. The van der Waals surface area contributed by atoms with Crippen LogP contribution >= 0.6 is 0 Å². The number of aliphatic hydroxyl groups excluding tert-OH is 2. The van der Waals surface area contributed by atoms with Gasteiger partial charge < -0.3 is 57.0 Å². The second-order valence-corrected chi connectivity index (χ2v) is 36.8. The number of fused-ring (bicyclic) bond motifs is 6. The Morgan fingerprint density at radius 2 is 0.807 bits per heavy atom. The number of aldehydes is 2. The minimum absolute atomic E-state index is 0. The van der Waals surface area contributed by atoms with Crippen LogP contribution in [-0.2, 0) is 164 Å². The van der Waals surface area contributed by atoms with Crippen molar-refractivity contribution in [1.82, 2.24) is 0 Å². The maximum Gasteiger partial charge on any atom is 1.00 e. The van der Waals surface area contributed by atoms with Crippen LogP contribution in [0.3, 0.4) is 0 Å². The molecule has 606 valence electrons. The van der Waals surface area contributed by atoms with Crippen LogP contribution in [0.25, 0.3) is 0 Å². The van der Waals surface area contributed by atoms with E-state index < -0.39 is 0 Å². The molecule has 0 heterocycles. The van der Waals surface area contributed by atoms with Gasteiger partial charge in [0.15, 0.2) is 0 Å². The molecule has 6 unspecified atom stereocenters. The van der Waals surface area contributed by atoms with Gasteiger partial charge in [-0.2, -0.15) is 5.26 Å². The van der Waals surface area contributed by atoms with Crippen molar-refractivity contribution in [3.05, 3.63) is 60.8 Å². The van der Waals surface area contributed by atoms with Crippen molar-refractivity contribution < 1.29 is 205 Å². The summed E-state index contributed by atoms with van der Waals surface area (Å²) in [6.45, 7) is 64.5. The third-order valence-corrected chi connectivity index (χ3v) is 31.1. The summed E-state index contributed by atoms with van der Waals surface area (Å²) in [5, 5.41) is 28.0. The first kappa shape index (κ1) is 110. The molecule has 0 saturated heterocycles. The molecule has 10 nitrogen and oxygen atoms in total. The fourth-order valence-electron chi connectivity index (χ4n) is 25.8. The molecular formula is C94H154NNaO9Y4-4. The number of aliphatic hydroxyl groups is 2. The number of nitriles is 1. The van der Waals surface area contributed by atoms with Crippen molar-refractivity contribution in [1.29, 1.82) is 5.26 Å². The van der Waals surface area contributed by atoms with Crippen molar-refractivity contribution in [2.45, 2.75) is 336 Å². The average Bonchev–Trinajstić information content (AvgIpc) is 1.60. The molecule has 12 saturated carbocycles. The van der Waals surface area contributed by atoms with E-state index in [4.69, 9.17) is 41.1 Å². The third-order valence-electron chi connectivity index (χ3n) is 31.1. The zero-order valence-corrected chi connectivity index (χ0v) is 86.2. The summed E-state index contributed by atoms with van der Waals surface area (Å²) in [7, 11) is 0. The Balaban J connectivity index is 0. The van der Waals surface area contributed by atoms with Gasteiger partial charge in [0, 0.05) is 182 Å². The summed E-state index contributed by atoms with van der Waals surface area (Å²) in [6, 6.07) is 2.10. The van der Waals surface area contributed by atoms with E-state index in [1.165, 1.54) is 152 Å². The molecule has 12 aliphatic rings. The molecule has 0 aromatic carbocycles. The van der Waals surface area contributed by atoms with Crippen molar-refractivity contribution in [2.75, 3.05) is 19.8 Å². The summed E-state index contributed by atoms with van der Waals surface area (Å²) < 4.78 is 10.3. The van der Waals surface area contributed by atoms with Crippen molar-refractivity contribution in [3.8, 4) is 6.07 Å². The predicted molar refractivity (Wildman–Crippen MR) is 427 cm³/mol. The maximum absolute atomic E-state index is 12.0. The molecule has 0 aliphatic heterocycles. The summed E-state index contributed by atoms with van der Waals surface area (Å²) in [6.07, 6.45) is 42.9. The van der Waals surface area contributed by atoms with Crippen LogP contribution in [0.2, 0.25) is 0 Å². The van der Waals surface area contributed by atoms with Crippen LogP contribution in [0.1, 0.15) is 332 Å². The number of carbonyl (C=O) groups is 5. The number of hydrogen-bond donors (Lipinski definition) is 2. The molecule has 4 radical (unpaired) electrons. The molecule has 25 atom stereocenters. The number of ketones is 1. The van der Waals surface area contributed by atoms with Crippen LogP contribution in [-0.4, -0.2) is 66.4 Å². The number of allylic oxidation sites excluding steroid dienone is 6. The Bertz CT molecular complexity index is 2840. The summed E-state index contributed by atoms with van der Waals surface area (Å²) in [5.41, 5.74) is 6.78. The fraction of sp³-hybridized carbons (Fsp3) is 0.830. The molecule has 0 spiro atoms. The molecule has 12 rings (SSSR count). The quantitative estimate of drug-likeness (QED) is 0.0499. The van der Waals surface area contributed by atoms with Gasteiger partial charge in [0.25, 0.3) is 0 Å². The zero-order valence-electron chi connectivity index (χ0n) is 73.8. The largest absolute Gasteiger partial charge is 1.00 e. The third kappa shape index (κ3) is 27.2. The number of hydrogen-bond acceptors (Lipinski definition) is 10. The Kier molecular flexibility index (Phi) is 52.6. The smallest absolute Gasteiger partial charge is 1.00 e. The number of carbonyl (C=O) groups excluding carboxylic acids is 5. The van der Waals surface area contributed by atoms with Crippen LogP contribution in [0, 0.1) is 177 Å². The van der Waals surface area contributed by atoms with E-state index in [0.717, 1.165) is 108 Å². The van der Waals surface area contributed by atoms with E-state index in [2.05, 4.69) is 95.2 Å². The molecule has 0 aromatic rings. The van der Waals surface area contributed by atoms with Gasteiger partial charge in [-0.3, -0.25) is 36.7 Å². The van der Waals surface area contributed by atoms with E-state index in [9.17, 15) is 34.2 Å². The van der Waals surface area contributed by atoms with Crippen LogP contribution in [0.5, 0.6) is 0 Å². The van der Waals surface area contributed by atoms with Crippen molar-refractivity contribution >= 4 is 30.3 Å². The Hall–Kier alpha value is 1.48. The van der Waals surface area contributed by atoms with Gasteiger partial charge in [-0.1, -0.05) is 175 Å². The number of Topliss-reactive ketones (excluding diaryl/α,β-unsaturated/α-hetero) is 1. The Morgan fingerprint density at radius 3 is 1.17 bits per heavy atom. The molecule has 0 amide bonds. The van der Waals surface area contributed by atoms with Crippen LogP contribution in [0.15, 0.2) is 34.4 Å². The number of nitrogens with zero attached hydrogens (tertiary/aromatic N) is 1. The molecule has 0 bridgehead atoms. The monoisotopic (exact) mass is 1820 g/mol. The molecule has 109 heavy (non-hydrogen) atoms. The van der Waals surface area contributed by atoms with Gasteiger partial charge in [-0.05, 0) is 262 Å². The fourth-order valence-corrected chi connectivity index (χ4v) is 25.8. The van der Waals surface area contributed by atoms with Crippen molar-refractivity contribution in [2.24, 2.45) is 139 Å². The predicted octanol–water partition coefficient (Wildman–Crippen LogP) is 19.9. The molecule has 12 aliphatic carbocycles. The number of ether oxygens (including phenoxy) is 2. The summed E-state index contributed by atoms with van der Waals surface area (Å²) in [5.74, 6) is 9.63. The average molecular weight is 1820 g/mol. The number of esters is 2. The summed E-state index contributed by atoms with van der Waals surface area (Å²) >= 11 is 0. The second-order valence-electron chi connectivity index (χ2n) is 36.8. The molecular weight excluding hydrogens is 1670 g/mol. The van der Waals surface area contributed by atoms with Gasteiger partial charge in [0.2, 0.25) is 0 Å². The minimum Gasteiger partial charge on any atom is -1.00 e. The topological polar surface area (TPSA) is 168 Å². The van der Waals surface area contributed by atoms with E-state index in [-0.39, 0.29) is 197 Å². The van der Waals surface area contributed by atoms with E-state index in [1.807, 2.05) is 27.7 Å². The number of rotatable bonds is 16. The first-order valence-corrected chi connectivity index (χ1v) is 42.8. The second kappa shape index (κ2) is 51.9. The van der Waals surface area contributed by atoms with Gasteiger partial charge in [-0.25, -0.2) is 0 Å². The van der Waals surface area contributed by atoms with Gasteiger partial charge in [0.05, 0.1) is 25.4 Å². The standard InChI is InChI=1S/C16H22N.C16H25O2.C16H25O.C15H24O3.C14H21O.C13H24O2.2C2H6.Na.4Y.H/c1-12-6-4-10-16(3)14(12)8-9-15(16)13(2)7-5-11-17;1-11-6-5-9-16(4)14(11)7-8-15(16)12(2)10-18-13(3)17;1-12-6-4-10-16(3)14(12)8-9-15(16)13(2)7-5-11-17;1-10(9-18-11(2)16)12-6-7-13-14(17)5-4-8-15(12,13)3;1-10-5-4-8-14(3)12(10)6-7-13(14)11(2)9-15;1-9(8-14)10-5-6-11-12(15)4-3-7-13(10,11)2;2*1-2;;;;;;/h1,5,7,13-15H,4,6,8-10H2,2-3H3;1,12,14-15H,5-10H2,2-4H3;1,11,13-15H,4-10H2,2-3H3;10,12-13H,4-9H2,1-3H3;1,9,11-13H,4-8H2,2-3H3;9-12,14-15H,3-8H2,1-2H3;2*1-2H3;;;;;;/q3*-1;;-1;;;;+1;;;;;-1/b7-5+;;;;;;;;;;;;;/t13-,14?,15-,16+;12-,14?,15-,16+;13-,14?,15-,16+;10-,12-,13?,15-;11-,12?,13-,14+;9-,10-,11?,12+,13-;;;;;;;;/m111111......../s1. The van der Waals surface area contributed by atoms with Crippen LogP contribution in [0.4, 0.5) is 0 Å². The minimum atomic E-state index is -0.207. The normalized spacial score (nSPS) is 36.9. The molecule has 2 N–H and O–H groups in total. The van der Waals surface area contributed by atoms with Gasteiger partial charge in [0.1, 0.15) is 18.4 Å². The van der Waals surface area contributed by atoms with E-state index >= 15 is 0 Å². The van der Waals surface area contributed by atoms with Gasteiger partial charge in [-0.15, -0.1) is 0 Å². The summed E-state index contributed by atoms with van der Waals surface area (Å²) in [4.78, 5) is 55.3. The Morgan fingerprint density at radius 1 is 0.486 bits per heavy atom. The molecule has 12 fully saturated rings.